The Bertz CT molecular complexity index is 1180. The van der Waals surface area contributed by atoms with E-state index in [1.165, 1.54) is 12.4 Å². The lowest BCUT2D eigenvalue weighted by Gasteiger charge is -2.10. The average Bonchev–Trinajstić information content (AvgIpc) is 3.30. The molecule has 0 aliphatic carbocycles. The van der Waals surface area contributed by atoms with Crippen molar-refractivity contribution in [2.45, 2.75) is 32.7 Å². The second-order valence-electron chi connectivity index (χ2n) is 8.07. The standard InChI is InChI=1S/C23H22N6O2/c1-23(2,3)22-28-19(29-31-22)16-8-6-7-15(11-16)12-27-21(30)17-13-25-20(26-14-17)18-9-4-5-10-24-18/h4-11,13-14H,12H2,1-3H3,(H,27,30). The summed E-state index contributed by atoms with van der Waals surface area (Å²) in [5, 5.41) is 6.96. The highest BCUT2D eigenvalue weighted by Crippen LogP contribution is 2.24. The molecule has 0 saturated heterocycles. The Morgan fingerprint density at radius 2 is 1.81 bits per heavy atom. The van der Waals surface area contributed by atoms with Crippen LogP contribution in [0.2, 0.25) is 0 Å². The summed E-state index contributed by atoms with van der Waals surface area (Å²) in [7, 11) is 0. The van der Waals surface area contributed by atoms with E-state index < -0.39 is 0 Å². The molecule has 0 saturated carbocycles. The van der Waals surface area contributed by atoms with E-state index in [0.717, 1.165) is 11.1 Å². The van der Waals surface area contributed by atoms with Gasteiger partial charge in [-0.25, -0.2) is 9.97 Å². The van der Waals surface area contributed by atoms with E-state index >= 15 is 0 Å². The van der Waals surface area contributed by atoms with Crippen molar-refractivity contribution >= 4 is 5.91 Å². The maximum Gasteiger partial charge on any atom is 0.254 e. The van der Waals surface area contributed by atoms with Gasteiger partial charge in [-0.2, -0.15) is 4.98 Å². The van der Waals surface area contributed by atoms with Gasteiger partial charge in [-0.05, 0) is 23.8 Å². The van der Waals surface area contributed by atoms with Gasteiger partial charge < -0.3 is 9.84 Å². The van der Waals surface area contributed by atoms with E-state index in [1.807, 2.05) is 63.2 Å². The van der Waals surface area contributed by atoms with Crippen LogP contribution >= 0.6 is 0 Å². The number of aromatic nitrogens is 5. The number of nitrogens with one attached hydrogen (secondary N) is 1. The summed E-state index contributed by atoms with van der Waals surface area (Å²) in [6.07, 6.45) is 4.66. The first kappa shape index (κ1) is 20.3. The van der Waals surface area contributed by atoms with Crippen LogP contribution in [0.5, 0.6) is 0 Å². The molecule has 0 fully saturated rings. The fourth-order valence-electron chi connectivity index (χ4n) is 2.82. The maximum absolute atomic E-state index is 12.5. The predicted molar refractivity (Wildman–Crippen MR) is 115 cm³/mol. The van der Waals surface area contributed by atoms with Crippen LogP contribution in [0.15, 0.2) is 65.6 Å². The minimum atomic E-state index is -0.257. The van der Waals surface area contributed by atoms with Crippen molar-refractivity contribution in [3.63, 3.8) is 0 Å². The van der Waals surface area contributed by atoms with Crippen molar-refractivity contribution in [2.75, 3.05) is 0 Å². The summed E-state index contributed by atoms with van der Waals surface area (Å²) in [5.41, 5.74) is 2.56. The number of rotatable bonds is 5. The molecule has 3 heterocycles. The molecule has 0 bridgehead atoms. The Labute approximate surface area is 179 Å². The van der Waals surface area contributed by atoms with Gasteiger partial charge in [0.25, 0.3) is 5.91 Å². The second-order valence-corrected chi connectivity index (χ2v) is 8.07. The Morgan fingerprint density at radius 1 is 1.00 bits per heavy atom. The lowest BCUT2D eigenvalue weighted by atomic mass is 9.97. The Morgan fingerprint density at radius 3 is 2.48 bits per heavy atom. The molecule has 0 radical (unpaired) electrons. The molecule has 0 aliphatic heterocycles. The molecule has 8 nitrogen and oxygen atoms in total. The Hall–Kier alpha value is -3.94. The van der Waals surface area contributed by atoms with Crippen molar-refractivity contribution < 1.29 is 9.32 Å². The fraction of sp³-hybridized carbons (Fsp3) is 0.217. The normalized spacial score (nSPS) is 11.3. The predicted octanol–water partition coefficient (Wildman–Crippen LogP) is 3.82. The van der Waals surface area contributed by atoms with Crippen molar-refractivity contribution in [1.82, 2.24) is 30.4 Å². The third kappa shape index (κ3) is 4.80. The van der Waals surface area contributed by atoms with Gasteiger partial charge in [0.1, 0.15) is 5.69 Å². The van der Waals surface area contributed by atoms with Crippen molar-refractivity contribution in [2.24, 2.45) is 0 Å². The van der Waals surface area contributed by atoms with Crippen LogP contribution in [-0.2, 0) is 12.0 Å². The molecular formula is C23H22N6O2. The van der Waals surface area contributed by atoms with E-state index in [4.69, 9.17) is 4.52 Å². The average molecular weight is 414 g/mol. The molecule has 4 rings (SSSR count). The van der Waals surface area contributed by atoms with Gasteiger partial charge >= 0.3 is 0 Å². The summed E-state index contributed by atoms with van der Waals surface area (Å²) < 4.78 is 5.37. The molecule has 1 amide bonds. The third-order valence-electron chi connectivity index (χ3n) is 4.51. The first-order valence-corrected chi connectivity index (χ1v) is 9.85. The molecule has 1 aromatic carbocycles. The topological polar surface area (TPSA) is 107 Å². The van der Waals surface area contributed by atoms with Crippen LogP contribution in [-0.4, -0.2) is 31.0 Å². The fourth-order valence-corrected chi connectivity index (χ4v) is 2.82. The van der Waals surface area contributed by atoms with Crippen LogP contribution in [0, 0.1) is 0 Å². The monoisotopic (exact) mass is 414 g/mol. The molecular weight excluding hydrogens is 392 g/mol. The number of nitrogens with zero attached hydrogens (tertiary/aromatic N) is 5. The first-order valence-electron chi connectivity index (χ1n) is 9.85. The van der Waals surface area contributed by atoms with Crippen LogP contribution in [0.4, 0.5) is 0 Å². The smallest absolute Gasteiger partial charge is 0.254 e. The molecule has 156 valence electrons. The molecule has 3 aromatic heterocycles. The molecule has 4 aromatic rings. The molecule has 0 aliphatic rings. The molecule has 0 spiro atoms. The maximum atomic E-state index is 12.5. The molecule has 8 heteroatoms. The van der Waals surface area contributed by atoms with E-state index in [2.05, 4.69) is 30.4 Å². The van der Waals surface area contributed by atoms with Gasteiger partial charge in [0.15, 0.2) is 5.82 Å². The zero-order valence-electron chi connectivity index (χ0n) is 17.5. The largest absolute Gasteiger partial charge is 0.348 e. The summed E-state index contributed by atoms with van der Waals surface area (Å²) in [6, 6.07) is 13.2. The van der Waals surface area contributed by atoms with E-state index in [9.17, 15) is 4.79 Å². The molecule has 0 unspecified atom stereocenters. The highest BCUT2D eigenvalue weighted by atomic mass is 16.5. The van der Waals surface area contributed by atoms with Crippen LogP contribution in [0.1, 0.15) is 42.6 Å². The van der Waals surface area contributed by atoms with Crippen molar-refractivity contribution in [3.8, 4) is 22.9 Å². The SMILES string of the molecule is CC(C)(C)c1nc(-c2cccc(CNC(=O)c3cnc(-c4ccccn4)nc3)c2)no1. The number of hydrogen-bond acceptors (Lipinski definition) is 7. The zero-order chi connectivity index (χ0) is 21.8. The third-order valence-corrected chi connectivity index (χ3v) is 4.51. The molecule has 31 heavy (non-hydrogen) atoms. The number of hydrogen-bond donors (Lipinski definition) is 1. The summed E-state index contributed by atoms with van der Waals surface area (Å²) in [5.74, 6) is 1.32. The summed E-state index contributed by atoms with van der Waals surface area (Å²) >= 11 is 0. The number of amides is 1. The van der Waals surface area contributed by atoms with Gasteiger partial charge in [0.2, 0.25) is 11.7 Å². The van der Waals surface area contributed by atoms with Crippen LogP contribution < -0.4 is 5.32 Å². The van der Waals surface area contributed by atoms with Crippen LogP contribution in [0.3, 0.4) is 0 Å². The van der Waals surface area contributed by atoms with Gasteiger partial charge in [0.05, 0.1) is 5.56 Å². The Balaban J connectivity index is 1.42. The summed E-state index contributed by atoms with van der Waals surface area (Å²) in [6.45, 7) is 6.40. The van der Waals surface area contributed by atoms with E-state index in [1.54, 1.807) is 6.20 Å². The summed E-state index contributed by atoms with van der Waals surface area (Å²) in [4.78, 5) is 29.7. The van der Waals surface area contributed by atoms with Crippen LogP contribution in [0.25, 0.3) is 22.9 Å². The van der Waals surface area contributed by atoms with Crippen molar-refractivity contribution in [1.29, 1.82) is 0 Å². The van der Waals surface area contributed by atoms with Gasteiger partial charge in [0, 0.05) is 36.1 Å². The zero-order valence-corrected chi connectivity index (χ0v) is 17.5. The first-order chi connectivity index (χ1) is 14.9. The second kappa shape index (κ2) is 8.43. The van der Waals surface area contributed by atoms with Gasteiger partial charge in [-0.3, -0.25) is 9.78 Å². The number of carbonyl (C=O) groups excluding carboxylic acids is 1. The van der Waals surface area contributed by atoms with Gasteiger partial charge in [-0.1, -0.05) is 50.2 Å². The van der Waals surface area contributed by atoms with E-state index in [0.29, 0.717) is 35.3 Å². The number of benzene rings is 1. The highest BCUT2D eigenvalue weighted by Gasteiger charge is 2.22. The quantitative estimate of drug-likeness (QED) is 0.529. The lowest BCUT2D eigenvalue weighted by Crippen LogP contribution is -2.23. The van der Waals surface area contributed by atoms with Crippen molar-refractivity contribution in [3.05, 3.63) is 78.1 Å². The van der Waals surface area contributed by atoms with Gasteiger partial charge in [-0.15, -0.1) is 0 Å². The molecule has 0 atom stereocenters. The minimum absolute atomic E-state index is 0.217. The lowest BCUT2D eigenvalue weighted by molar-refractivity contribution is 0.0950. The van der Waals surface area contributed by atoms with E-state index in [-0.39, 0.29) is 11.3 Å². The number of pyridine rings is 1. The minimum Gasteiger partial charge on any atom is -0.348 e. The molecule has 1 N–H and O–H groups in total. The number of carbonyl (C=O) groups is 1. The Kier molecular flexibility index (Phi) is 5.53. The highest BCUT2D eigenvalue weighted by molar-refractivity contribution is 5.93.